The minimum Gasteiger partial charge on any atom is -0.304 e. The largest absolute Gasteiger partial charge is 0.345 e. The Morgan fingerprint density at radius 2 is 2.00 bits per heavy atom. The number of aromatic nitrogens is 2. The Morgan fingerprint density at radius 1 is 1.31 bits per heavy atom. The molecule has 0 aliphatic carbocycles. The molecule has 0 radical (unpaired) electrons. The molecule has 0 saturated carbocycles. The lowest BCUT2D eigenvalue weighted by Crippen LogP contribution is -2.11. The number of hydrogen-bond acceptors (Lipinski definition) is 3. The molecule has 0 aliphatic rings. The van der Waals surface area contributed by atoms with Gasteiger partial charge in [-0.05, 0) is 12.5 Å². The molecule has 0 amide bonds. The van der Waals surface area contributed by atoms with Crippen molar-refractivity contribution >= 4 is 0 Å². The summed E-state index contributed by atoms with van der Waals surface area (Å²) < 4.78 is 0. The lowest BCUT2D eigenvalue weighted by molar-refractivity contribution is 1.07. The summed E-state index contributed by atoms with van der Waals surface area (Å²) in [7, 11) is 0. The molecule has 16 heavy (non-hydrogen) atoms. The number of rotatable bonds is 1. The number of aromatic amines is 1. The number of nitrogens with one attached hydrogen (secondary N) is 1. The van der Waals surface area contributed by atoms with E-state index >= 15 is 0 Å². The van der Waals surface area contributed by atoms with Crippen LogP contribution in [0.5, 0.6) is 0 Å². The maximum atomic E-state index is 11.1. The third kappa shape index (κ3) is 1.84. The fourth-order valence-corrected chi connectivity index (χ4v) is 1.43. The Balaban J connectivity index is 2.64. The van der Waals surface area contributed by atoms with E-state index in [2.05, 4.69) is 9.97 Å². The van der Waals surface area contributed by atoms with Gasteiger partial charge in [0.1, 0.15) is 6.07 Å². The number of nitrogens with zero attached hydrogens (tertiary/aromatic N) is 2. The highest BCUT2D eigenvalue weighted by atomic mass is 16.1. The Hall–Kier alpha value is -2.41. The molecule has 0 unspecified atom stereocenters. The molecule has 0 aliphatic heterocycles. The zero-order valence-electron chi connectivity index (χ0n) is 8.69. The zero-order chi connectivity index (χ0) is 11.5. The van der Waals surface area contributed by atoms with Gasteiger partial charge in [0.25, 0.3) is 0 Å². The number of benzene rings is 1. The van der Waals surface area contributed by atoms with Gasteiger partial charge in [-0.15, -0.1) is 0 Å². The van der Waals surface area contributed by atoms with Gasteiger partial charge >= 0.3 is 5.69 Å². The van der Waals surface area contributed by atoms with Gasteiger partial charge in [-0.2, -0.15) is 5.26 Å². The van der Waals surface area contributed by atoms with E-state index in [-0.39, 0.29) is 0 Å². The monoisotopic (exact) mass is 211 g/mol. The van der Waals surface area contributed by atoms with Crippen LogP contribution in [0.15, 0.2) is 35.3 Å². The Kier molecular flexibility index (Phi) is 2.52. The van der Waals surface area contributed by atoms with Crippen LogP contribution in [-0.4, -0.2) is 9.97 Å². The normalized spacial score (nSPS) is 9.75. The highest BCUT2D eigenvalue weighted by Gasteiger charge is 2.05. The molecule has 78 valence electrons. The van der Waals surface area contributed by atoms with Gasteiger partial charge in [0.2, 0.25) is 0 Å². The molecule has 4 nitrogen and oxygen atoms in total. The molecular formula is C12H9N3O. The summed E-state index contributed by atoms with van der Waals surface area (Å²) in [4.78, 5) is 17.2. The lowest BCUT2D eigenvalue weighted by Gasteiger charge is -2.03. The van der Waals surface area contributed by atoms with Gasteiger partial charge in [0.15, 0.2) is 0 Å². The average Bonchev–Trinajstić information content (AvgIpc) is 2.30. The van der Waals surface area contributed by atoms with E-state index in [1.165, 1.54) is 6.20 Å². The van der Waals surface area contributed by atoms with Gasteiger partial charge in [-0.1, -0.05) is 29.8 Å². The Morgan fingerprint density at radius 3 is 2.62 bits per heavy atom. The first-order valence-corrected chi connectivity index (χ1v) is 4.77. The second-order valence-corrected chi connectivity index (χ2v) is 3.45. The van der Waals surface area contributed by atoms with Gasteiger partial charge in [0.05, 0.1) is 17.5 Å². The molecule has 0 bridgehead atoms. The van der Waals surface area contributed by atoms with Gasteiger partial charge in [-0.25, -0.2) is 9.78 Å². The average molecular weight is 211 g/mol. The summed E-state index contributed by atoms with van der Waals surface area (Å²) in [6.07, 6.45) is 1.29. The number of nitriles is 1. The first kappa shape index (κ1) is 10.1. The molecule has 4 heteroatoms. The van der Waals surface area contributed by atoms with Crippen molar-refractivity contribution in [2.75, 3.05) is 0 Å². The van der Waals surface area contributed by atoms with Gasteiger partial charge < -0.3 is 4.98 Å². The van der Waals surface area contributed by atoms with Crippen molar-refractivity contribution in [1.29, 1.82) is 5.26 Å². The van der Waals surface area contributed by atoms with Crippen molar-refractivity contribution in [1.82, 2.24) is 9.97 Å². The van der Waals surface area contributed by atoms with Crippen LogP contribution in [0.1, 0.15) is 11.1 Å². The van der Waals surface area contributed by atoms with E-state index in [1.54, 1.807) is 0 Å². The molecule has 0 atom stereocenters. The minimum atomic E-state index is -0.449. The van der Waals surface area contributed by atoms with E-state index in [4.69, 9.17) is 5.26 Å². The zero-order valence-corrected chi connectivity index (χ0v) is 8.69. The molecule has 1 N–H and O–H groups in total. The standard InChI is InChI=1S/C12H9N3O/c1-8-2-4-9(5-3-8)11-10(6-13)7-14-12(16)15-11/h2-5,7H,1H3,(H,14,15,16). The smallest absolute Gasteiger partial charge is 0.304 e. The quantitative estimate of drug-likeness (QED) is 0.779. The summed E-state index contributed by atoms with van der Waals surface area (Å²) in [6, 6.07) is 9.58. The molecule has 1 heterocycles. The Labute approximate surface area is 92.2 Å². The summed E-state index contributed by atoms with van der Waals surface area (Å²) >= 11 is 0. The molecule has 2 rings (SSSR count). The maximum absolute atomic E-state index is 11.1. The van der Waals surface area contributed by atoms with Crippen molar-refractivity contribution < 1.29 is 0 Å². The predicted molar refractivity (Wildman–Crippen MR) is 59.7 cm³/mol. The van der Waals surface area contributed by atoms with E-state index in [1.807, 2.05) is 37.3 Å². The molecule has 2 aromatic rings. The van der Waals surface area contributed by atoms with Crippen LogP contribution in [0, 0.1) is 18.3 Å². The Bertz CT molecular complexity index is 605. The predicted octanol–water partition coefficient (Wildman–Crippen LogP) is 1.62. The molecule has 1 aromatic carbocycles. The van der Waals surface area contributed by atoms with Crippen LogP contribution in [0.3, 0.4) is 0 Å². The fourth-order valence-electron chi connectivity index (χ4n) is 1.43. The fraction of sp³-hybridized carbons (Fsp3) is 0.0833. The van der Waals surface area contributed by atoms with E-state index in [9.17, 15) is 4.79 Å². The van der Waals surface area contributed by atoms with Crippen LogP contribution in [-0.2, 0) is 0 Å². The number of hydrogen-bond donors (Lipinski definition) is 1. The third-order valence-corrected chi connectivity index (χ3v) is 2.27. The van der Waals surface area contributed by atoms with Crippen molar-refractivity contribution in [2.24, 2.45) is 0 Å². The van der Waals surface area contributed by atoms with Gasteiger partial charge in [-0.3, -0.25) is 0 Å². The summed E-state index contributed by atoms with van der Waals surface area (Å²) in [5, 5.41) is 8.91. The van der Waals surface area contributed by atoms with E-state index in [0.29, 0.717) is 11.3 Å². The van der Waals surface area contributed by atoms with Crippen molar-refractivity contribution in [2.45, 2.75) is 6.92 Å². The topological polar surface area (TPSA) is 69.5 Å². The first-order chi connectivity index (χ1) is 7.70. The van der Waals surface area contributed by atoms with Gasteiger partial charge in [0, 0.05) is 0 Å². The van der Waals surface area contributed by atoms with E-state index in [0.717, 1.165) is 11.1 Å². The molecule has 0 fully saturated rings. The van der Waals surface area contributed by atoms with Crippen LogP contribution >= 0.6 is 0 Å². The SMILES string of the molecule is Cc1ccc(-c2[nH]c(=O)ncc2C#N)cc1. The molecule has 0 saturated heterocycles. The lowest BCUT2D eigenvalue weighted by atomic mass is 10.1. The van der Waals surface area contributed by atoms with Crippen molar-refractivity contribution in [3.05, 3.63) is 52.1 Å². The van der Waals surface area contributed by atoms with Crippen molar-refractivity contribution in [3.8, 4) is 17.3 Å². The highest BCUT2D eigenvalue weighted by molar-refractivity contribution is 5.65. The minimum absolute atomic E-state index is 0.364. The van der Waals surface area contributed by atoms with Crippen LogP contribution < -0.4 is 5.69 Å². The number of aryl methyl sites for hydroxylation is 1. The molecular weight excluding hydrogens is 202 g/mol. The summed E-state index contributed by atoms with van der Waals surface area (Å²) in [5.74, 6) is 0. The number of H-pyrrole nitrogens is 1. The summed E-state index contributed by atoms with van der Waals surface area (Å²) in [5.41, 5.74) is 2.36. The van der Waals surface area contributed by atoms with Crippen LogP contribution in [0.2, 0.25) is 0 Å². The van der Waals surface area contributed by atoms with E-state index < -0.39 is 5.69 Å². The van der Waals surface area contributed by atoms with Crippen molar-refractivity contribution in [3.63, 3.8) is 0 Å². The van der Waals surface area contributed by atoms with Crippen LogP contribution in [0.25, 0.3) is 11.3 Å². The molecule has 1 aromatic heterocycles. The maximum Gasteiger partial charge on any atom is 0.345 e. The molecule has 0 spiro atoms. The highest BCUT2D eigenvalue weighted by Crippen LogP contribution is 2.19. The third-order valence-electron chi connectivity index (χ3n) is 2.27. The summed E-state index contributed by atoms with van der Waals surface area (Å²) in [6.45, 7) is 1.98. The second-order valence-electron chi connectivity index (χ2n) is 3.45. The first-order valence-electron chi connectivity index (χ1n) is 4.77. The second kappa shape index (κ2) is 3.99. The van der Waals surface area contributed by atoms with Crippen LogP contribution in [0.4, 0.5) is 0 Å².